The number of nitrogens with one attached hydrogen (secondary N) is 1. The van der Waals surface area contributed by atoms with Crippen LogP contribution in [0.3, 0.4) is 0 Å². The molecule has 132 valence electrons. The van der Waals surface area contributed by atoms with Gasteiger partial charge in [-0.05, 0) is 24.1 Å². The fourth-order valence-corrected chi connectivity index (χ4v) is 2.69. The van der Waals surface area contributed by atoms with Crippen molar-refractivity contribution in [1.29, 1.82) is 0 Å². The molecule has 1 N–H and O–H groups in total. The molecular formula is C19H19F3N2O. The monoisotopic (exact) mass is 348 g/mol. The lowest BCUT2D eigenvalue weighted by Crippen LogP contribution is -2.26. The van der Waals surface area contributed by atoms with Crippen molar-refractivity contribution in [2.24, 2.45) is 5.16 Å². The summed E-state index contributed by atoms with van der Waals surface area (Å²) < 4.78 is 38.1. The maximum Gasteiger partial charge on any atom is 0.416 e. The van der Waals surface area contributed by atoms with Crippen LogP contribution in [0.2, 0.25) is 0 Å². The van der Waals surface area contributed by atoms with E-state index in [1.807, 2.05) is 31.2 Å². The summed E-state index contributed by atoms with van der Waals surface area (Å²) in [5.41, 5.74) is 3.07. The molecule has 0 aromatic heterocycles. The Morgan fingerprint density at radius 2 is 1.92 bits per heavy atom. The number of oxime groups is 1. The predicted octanol–water partition coefficient (Wildman–Crippen LogP) is 4.30. The van der Waals surface area contributed by atoms with E-state index in [1.165, 1.54) is 11.6 Å². The van der Waals surface area contributed by atoms with Crippen LogP contribution in [0, 0.1) is 6.92 Å². The van der Waals surface area contributed by atoms with Crippen LogP contribution in [0.1, 0.15) is 28.7 Å². The Morgan fingerprint density at radius 1 is 1.16 bits per heavy atom. The lowest BCUT2D eigenvalue weighted by molar-refractivity contribution is -0.137. The van der Waals surface area contributed by atoms with Crippen molar-refractivity contribution in [1.82, 2.24) is 5.32 Å². The van der Waals surface area contributed by atoms with Crippen molar-refractivity contribution in [3.8, 4) is 0 Å². The second-order valence-corrected chi connectivity index (χ2v) is 6.16. The van der Waals surface area contributed by atoms with Crippen LogP contribution in [0.15, 0.2) is 53.7 Å². The fourth-order valence-electron chi connectivity index (χ4n) is 2.69. The number of alkyl halides is 3. The molecule has 1 aliphatic heterocycles. The van der Waals surface area contributed by atoms with E-state index >= 15 is 0 Å². The first-order chi connectivity index (χ1) is 11.9. The highest BCUT2D eigenvalue weighted by atomic mass is 19.4. The van der Waals surface area contributed by atoms with Crippen LogP contribution in [0.4, 0.5) is 13.2 Å². The number of halogens is 3. The first kappa shape index (κ1) is 17.5. The van der Waals surface area contributed by atoms with E-state index in [0.29, 0.717) is 25.1 Å². The van der Waals surface area contributed by atoms with Gasteiger partial charge in [0.15, 0.2) is 0 Å². The van der Waals surface area contributed by atoms with Gasteiger partial charge in [0.25, 0.3) is 0 Å². The molecule has 0 saturated carbocycles. The second kappa shape index (κ2) is 7.27. The van der Waals surface area contributed by atoms with Crippen LogP contribution >= 0.6 is 0 Å². The fraction of sp³-hybridized carbons (Fsp3) is 0.316. The Labute approximate surface area is 144 Å². The van der Waals surface area contributed by atoms with Crippen molar-refractivity contribution >= 4 is 5.71 Å². The maximum absolute atomic E-state index is 12.7. The highest BCUT2D eigenvalue weighted by Crippen LogP contribution is 2.29. The van der Waals surface area contributed by atoms with E-state index in [-0.39, 0.29) is 6.10 Å². The van der Waals surface area contributed by atoms with E-state index in [9.17, 15) is 13.2 Å². The molecule has 3 rings (SSSR count). The molecule has 0 unspecified atom stereocenters. The topological polar surface area (TPSA) is 33.6 Å². The quantitative estimate of drug-likeness (QED) is 0.874. The lowest BCUT2D eigenvalue weighted by Gasteiger charge is -2.11. The molecule has 25 heavy (non-hydrogen) atoms. The molecule has 0 bridgehead atoms. The number of nitrogens with zero attached hydrogens (tertiary/aromatic N) is 1. The molecule has 0 spiro atoms. The minimum Gasteiger partial charge on any atom is -0.390 e. The summed E-state index contributed by atoms with van der Waals surface area (Å²) in [7, 11) is 0. The second-order valence-electron chi connectivity index (χ2n) is 6.16. The van der Waals surface area contributed by atoms with Crippen LogP contribution < -0.4 is 5.32 Å². The smallest absolute Gasteiger partial charge is 0.390 e. The normalized spacial score (nSPS) is 17.3. The zero-order chi connectivity index (χ0) is 17.9. The molecule has 2 aromatic carbocycles. The number of hydrogen-bond acceptors (Lipinski definition) is 3. The largest absolute Gasteiger partial charge is 0.416 e. The van der Waals surface area contributed by atoms with E-state index < -0.39 is 11.7 Å². The Hall–Kier alpha value is -2.34. The van der Waals surface area contributed by atoms with Gasteiger partial charge < -0.3 is 10.2 Å². The van der Waals surface area contributed by atoms with Gasteiger partial charge >= 0.3 is 6.18 Å². The average Bonchev–Trinajstić information content (AvgIpc) is 3.04. The van der Waals surface area contributed by atoms with E-state index in [1.54, 1.807) is 6.07 Å². The standard InChI is InChI=1S/C19H19F3N2O/c1-13-5-7-15(8-6-13)18-10-17(25-24-18)12-23-11-14-3-2-4-16(9-14)19(20,21)22/h2-9,17,23H,10-12H2,1H3/t17-/m0/s1. The van der Waals surface area contributed by atoms with Gasteiger partial charge in [0.1, 0.15) is 6.10 Å². The molecule has 3 nitrogen and oxygen atoms in total. The number of hydrogen-bond donors (Lipinski definition) is 1. The van der Waals surface area contributed by atoms with E-state index in [0.717, 1.165) is 23.4 Å². The number of rotatable bonds is 5. The molecule has 1 atom stereocenters. The molecule has 1 aliphatic rings. The number of benzene rings is 2. The third-order valence-electron chi connectivity index (χ3n) is 4.07. The molecule has 0 aliphatic carbocycles. The molecular weight excluding hydrogens is 329 g/mol. The summed E-state index contributed by atoms with van der Waals surface area (Å²) in [6, 6.07) is 13.4. The first-order valence-corrected chi connectivity index (χ1v) is 8.08. The Kier molecular flexibility index (Phi) is 5.08. The van der Waals surface area contributed by atoms with Gasteiger partial charge in [-0.15, -0.1) is 0 Å². The third-order valence-corrected chi connectivity index (χ3v) is 4.07. The van der Waals surface area contributed by atoms with Crippen LogP contribution in [-0.2, 0) is 17.6 Å². The van der Waals surface area contributed by atoms with Crippen LogP contribution in [0.5, 0.6) is 0 Å². The minimum atomic E-state index is -4.32. The molecule has 0 radical (unpaired) electrons. The van der Waals surface area contributed by atoms with Gasteiger partial charge in [0.2, 0.25) is 0 Å². The average molecular weight is 348 g/mol. The Bertz CT molecular complexity index is 754. The zero-order valence-electron chi connectivity index (χ0n) is 13.8. The zero-order valence-corrected chi connectivity index (χ0v) is 13.8. The van der Waals surface area contributed by atoms with Crippen LogP contribution in [-0.4, -0.2) is 18.4 Å². The van der Waals surface area contributed by atoms with Gasteiger partial charge in [0.05, 0.1) is 11.3 Å². The summed E-state index contributed by atoms with van der Waals surface area (Å²) in [5.74, 6) is 0. The summed E-state index contributed by atoms with van der Waals surface area (Å²) in [6.45, 7) is 2.90. The maximum atomic E-state index is 12.7. The van der Waals surface area contributed by atoms with Gasteiger partial charge in [0, 0.05) is 19.5 Å². The summed E-state index contributed by atoms with van der Waals surface area (Å²) in [4.78, 5) is 5.41. The molecule has 0 saturated heterocycles. The van der Waals surface area contributed by atoms with Crippen molar-refractivity contribution in [2.45, 2.75) is 32.2 Å². The Balaban J connectivity index is 1.49. The summed E-state index contributed by atoms with van der Waals surface area (Å²) in [5, 5.41) is 7.25. The number of aryl methyl sites for hydroxylation is 1. The third kappa shape index (κ3) is 4.60. The molecule has 2 aromatic rings. The van der Waals surface area contributed by atoms with Gasteiger partial charge in [-0.3, -0.25) is 0 Å². The van der Waals surface area contributed by atoms with Crippen molar-refractivity contribution in [3.05, 3.63) is 70.8 Å². The van der Waals surface area contributed by atoms with Crippen molar-refractivity contribution in [3.63, 3.8) is 0 Å². The van der Waals surface area contributed by atoms with Gasteiger partial charge in [-0.1, -0.05) is 53.2 Å². The van der Waals surface area contributed by atoms with E-state index in [4.69, 9.17) is 4.84 Å². The first-order valence-electron chi connectivity index (χ1n) is 8.08. The molecule has 0 amide bonds. The summed E-state index contributed by atoms with van der Waals surface area (Å²) >= 11 is 0. The Morgan fingerprint density at radius 3 is 2.64 bits per heavy atom. The minimum absolute atomic E-state index is 0.109. The van der Waals surface area contributed by atoms with Crippen LogP contribution in [0.25, 0.3) is 0 Å². The van der Waals surface area contributed by atoms with E-state index in [2.05, 4.69) is 10.5 Å². The molecule has 1 heterocycles. The summed E-state index contributed by atoms with van der Waals surface area (Å²) in [6.07, 6.45) is -3.75. The van der Waals surface area contributed by atoms with Gasteiger partial charge in [-0.2, -0.15) is 13.2 Å². The molecule has 0 fully saturated rings. The van der Waals surface area contributed by atoms with Crippen molar-refractivity contribution < 1.29 is 18.0 Å². The highest BCUT2D eigenvalue weighted by Gasteiger charge is 2.30. The SMILES string of the molecule is Cc1ccc(C2=NO[C@H](CNCc3cccc(C(F)(F)F)c3)C2)cc1. The predicted molar refractivity (Wildman–Crippen MR) is 90.4 cm³/mol. The van der Waals surface area contributed by atoms with Crippen molar-refractivity contribution in [2.75, 3.05) is 6.54 Å². The molecule has 6 heteroatoms. The highest BCUT2D eigenvalue weighted by molar-refractivity contribution is 6.01. The lowest BCUT2D eigenvalue weighted by atomic mass is 10.0. The van der Waals surface area contributed by atoms with Gasteiger partial charge in [-0.25, -0.2) is 0 Å².